The molecule has 6 nitrogen and oxygen atoms in total. The molecule has 0 fully saturated rings. The number of carbonyl (C=O) groups excluding carboxylic acids is 1. The Morgan fingerprint density at radius 1 is 0.939 bits per heavy atom. The minimum atomic E-state index is 0.0565. The van der Waals surface area contributed by atoms with Gasteiger partial charge in [-0.15, -0.1) is 10.2 Å². The first kappa shape index (κ1) is 22.6. The van der Waals surface area contributed by atoms with Gasteiger partial charge in [0, 0.05) is 30.0 Å². The largest absolute Gasteiger partial charge is 0.497 e. The van der Waals surface area contributed by atoms with Crippen molar-refractivity contribution >= 4 is 17.7 Å². The van der Waals surface area contributed by atoms with Gasteiger partial charge in [-0.2, -0.15) is 0 Å². The van der Waals surface area contributed by atoms with Crippen molar-refractivity contribution in [1.82, 2.24) is 20.1 Å². The van der Waals surface area contributed by atoms with Gasteiger partial charge in [-0.3, -0.25) is 9.36 Å². The first-order chi connectivity index (χ1) is 16.2. The molecule has 7 heteroatoms. The topological polar surface area (TPSA) is 69.0 Å². The van der Waals surface area contributed by atoms with Crippen LogP contribution in [0.25, 0.3) is 17.1 Å². The van der Waals surface area contributed by atoms with Gasteiger partial charge in [0.25, 0.3) is 0 Å². The lowest BCUT2D eigenvalue weighted by Gasteiger charge is -2.11. The SMILES string of the molecule is COc1ccc(-n2c(SCCCC(=O)NCc3ccccc3)nnc2-c2ccccc2)cc1. The predicted octanol–water partition coefficient (Wildman–Crippen LogP) is 5.13. The van der Waals surface area contributed by atoms with E-state index < -0.39 is 0 Å². The highest BCUT2D eigenvalue weighted by molar-refractivity contribution is 7.99. The van der Waals surface area contributed by atoms with E-state index in [2.05, 4.69) is 20.1 Å². The Morgan fingerprint density at radius 3 is 2.33 bits per heavy atom. The molecule has 1 heterocycles. The fraction of sp³-hybridized carbons (Fsp3) is 0.192. The molecular formula is C26H26N4O2S. The zero-order valence-corrected chi connectivity index (χ0v) is 19.3. The maximum Gasteiger partial charge on any atom is 0.220 e. The van der Waals surface area contributed by atoms with E-state index in [1.165, 1.54) is 0 Å². The standard InChI is InChI=1S/C26H26N4O2S/c1-32-23-16-14-22(15-17-23)30-25(21-11-6-3-7-12-21)28-29-26(30)33-18-8-13-24(31)27-19-20-9-4-2-5-10-20/h2-7,9-12,14-17H,8,13,18-19H2,1H3,(H,27,31). The molecule has 0 aliphatic rings. The van der Waals surface area contributed by atoms with Crippen LogP contribution in [0.2, 0.25) is 0 Å². The lowest BCUT2D eigenvalue weighted by atomic mass is 10.2. The number of carbonyl (C=O) groups is 1. The molecular weight excluding hydrogens is 432 g/mol. The molecule has 0 unspecified atom stereocenters. The number of nitrogens with zero attached hydrogens (tertiary/aromatic N) is 3. The Balaban J connectivity index is 1.40. The van der Waals surface area contributed by atoms with E-state index in [-0.39, 0.29) is 5.91 Å². The molecule has 1 N–H and O–H groups in total. The number of rotatable bonds is 10. The van der Waals surface area contributed by atoms with Crippen molar-refractivity contribution in [3.63, 3.8) is 0 Å². The van der Waals surface area contributed by atoms with E-state index in [1.54, 1.807) is 18.9 Å². The number of hydrogen-bond acceptors (Lipinski definition) is 5. The molecule has 0 bridgehead atoms. The third kappa shape index (κ3) is 6.02. The molecule has 1 aromatic heterocycles. The van der Waals surface area contributed by atoms with Gasteiger partial charge in [0.2, 0.25) is 5.91 Å². The second-order valence-corrected chi connectivity index (χ2v) is 8.48. The van der Waals surface area contributed by atoms with Gasteiger partial charge in [0.1, 0.15) is 5.75 Å². The van der Waals surface area contributed by atoms with Crippen LogP contribution in [-0.4, -0.2) is 33.5 Å². The summed E-state index contributed by atoms with van der Waals surface area (Å²) in [4.78, 5) is 12.2. The molecule has 0 radical (unpaired) electrons. The Morgan fingerprint density at radius 2 is 1.64 bits per heavy atom. The quantitative estimate of drug-likeness (QED) is 0.263. The Labute approximate surface area is 198 Å². The average molecular weight is 459 g/mol. The summed E-state index contributed by atoms with van der Waals surface area (Å²) in [6.07, 6.45) is 1.23. The summed E-state index contributed by atoms with van der Waals surface area (Å²) < 4.78 is 7.35. The van der Waals surface area contributed by atoms with Crippen LogP contribution in [-0.2, 0) is 11.3 Å². The van der Waals surface area contributed by atoms with Crippen LogP contribution in [0.1, 0.15) is 18.4 Å². The van der Waals surface area contributed by atoms with Crippen molar-refractivity contribution in [2.75, 3.05) is 12.9 Å². The van der Waals surface area contributed by atoms with Gasteiger partial charge in [0.15, 0.2) is 11.0 Å². The monoisotopic (exact) mass is 458 g/mol. The molecule has 0 atom stereocenters. The minimum absolute atomic E-state index is 0.0565. The maximum atomic E-state index is 12.2. The van der Waals surface area contributed by atoms with E-state index in [4.69, 9.17) is 4.74 Å². The van der Waals surface area contributed by atoms with E-state index >= 15 is 0 Å². The normalized spacial score (nSPS) is 10.7. The van der Waals surface area contributed by atoms with Gasteiger partial charge in [-0.1, -0.05) is 72.4 Å². The lowest BCUT2D eigenvalue weighted by molar-refractivity contribution is -0.121. The second-order valence-electron chi connectivity index (χ2n) is 7.42. The number of ether oxygens (including phenoxy) is 1. The van der Waals surface area contributed by atoms with Crippen molar-refractivity contribution in [1.29, 1.82) is 0 Å². The van der Waals surface area contributed by atoms with Crippen LogP contribution >= 0.6 is 11.8 Å². The molecule has 0 saturated carbocycles. The van der Waals surface area contributed by atoms with Crippen LogP contribution < -0.4 is 10.1 Å². The molecule has 0 aliphatic heterocycles. The van der Waals surface area contributed by atoms with E-state index in [1.807, 2.05) is 84.9 Å². The van der Waals surface area contributed by atoms with Crippen LogP contribution in [0.15, 0.2) is 90.1 Å². The van der Waals surface area contributed by atoms with Gasteiger partial charge < -0.3 is 10.1 Å². The fourth-order valence-electron chi connectivity index (χ4n) is 3.38. The van der Waals surface area contributed by atoms with Crippen LogP contribution in [0.4, 0.5) is 0 Å². The van der Waals surface area contributed by atoms with Crippen molar-refractivity contribution < 1.29 is 9.53 Å². The Kier molecular flexibility index (Phi) is 7.76. The molecule has 3 aromatic carbocycles. The molecule has 0 saturated heterocycles. The summed E-state index contributed by atoms with van der Waals surface area (Å²) >= 11 is 1.60. The zero-order valence-electron chi connectivity index (χ0n) is 18.5. The van der Waals surface area contributed by atoms with Gasteiger partial charge in [-0.25, -0.2) is 0 Å². The van der Waals surface area contributed by atoms with E-state index in [0.717, 1.165) is 45.7 Å². The summed E-state index contributed by atoms with van der Waals surface area (Å²) in [6.45, 7) is 0.555. The molecule has 0 aliphatic carbocycles. The van der Waals surface area contributed by atoms with E-state index in [0.29, 0.717) is 13.0 Å². The summed E-state index contributed by atoms with van der Waals surface area (Å²) in [6, 6.07) is 27.8. The number of amides is 1. The van der Waals surface area contributed by atoms with Crippen LogP contribution in [0, 0.1) is 0 Å². The maximum absolute atomic E-state index is 12.2. The molecule has 33 heavy (non-hydrogen) atoms. The summed E-state index contributed by atoms with van der Waals surface area (Å²) in [5.74, 6) is 2.40. The number of hydrogen-bond donors (Lipinski definition) is 1. The molecule has 168 valence electrons. The highest BCUT2D eigenvalue weighted by Crippen LogP contribution is 2.29. The summed E-state index contributed by atoms with van der Waals surface area (Å²) in [7, 11) is 1.65. The van der Waals surface area contributed by atoms with Crippen molar-refractivity contribution in [3.8, 4) is 22.8 Å². The summed E-state index contributed by atoms with van der Waals surface area (Å²) in [5, 5.41) is 12.7. The first-order valence-corrected chi connectivity index (χ1v) is 11.8. The second kappa shape index (κ2) is 11.3. The highest BCUT2D eigenvalue weighted by atomic mass is 32.2. The van der Waals surface area contributed by atoms with Gasteiger partial charge in [-0.05, 0) is 36.2 Å². The molecule has 4 rings (SSSR count). The van der Waals surface area contributed by atoms with Crippen LogP contribution in [0.3, 0.4) is 0 Å². The Bertz CT molecular complexity index is 1160. The zero-order chi connectivity index (χ0) is 22.9. The molecule has 1 amide bonds. The smallest absolute Gasteiger partial charge is 0.220 e. The summed E-state index contributed by atoms with van der Waals surface area (Å²) in [5.41, 5.74) is 3.05. The molecule has 0 spiro atoms. The van der Waals surface area contributed by atoms with Crippen LogP contribution in [0.5, 0.6) is 5.75 Å². The fourth-order valence-corrected chi connectivity index (χ4v) is 4.27. The van der Waals surface area contributed by atoms with E-state index in [9.17, 15) is 4.79 Å². The number of methoxy groups -OCH3 is 1. The van der Waals surface area contributed by atoms with Gasteiger partial charge in [0.05, 0.1) is 7.11 Å². The molecule has 4 aromatic rings. The van der Waals surface area contributed by atoms with Gasteiger partial charge >= 0.3 is 0 Å². The Hall–Kier alpha value is -3.58. The number of benzene rings is 3. The highest BCUT2D eigenvalue weighted by Gasteiger charge is 2.16. The minimum Gasteiger partial charge on any atom is -0.497 e. The van der Waals surface area contributed by atoms with Crippen molar-refractivity contribution in [2.45, 2.75) is 24.5 Å². The number of aromatic nitrogens is 3. The average Bonchev–Trinajstić information content (AvgIpc) is 3.30. The number of thioether (sulfide) groups is 1. The van der Waals surface area contributed by atoms with Crippen molar-refractivity contribution in [3.05, 3.63) is 90.5 Å². The predicted molar refractivity (Wildman–Crippen MR) is 132 cm³/mol. The lowest BCUT2D eigenvalue weighted by Crippen LogP contribution is -2.22. The first-order valence-electron chi connectivity index (χ1n) is 10.8. The third-order valence-electron chi connectivity index (χ3n) is 5.11. The third-order valence-corrected chi connectivity index (χ3v) is 6.12. The number of nitrogens with one attached hydrogen (secondary N) is 1. The van der Waals surface area contributed by atoms with Crippen molar-refractivity contribution in [2.24, 2.45) is 0 Å².